The van der Waals surface area contributed by atoms with Gasteiger partial charge in [-0.05, 0) is 12.8 Å². The largest absolute Gasteiger partial charge is 0.441 e. The molecule has 2 heterocycles. The Balaban J connectivity index is 2.23. The van der Waals surface area contributed by atoms with Crippen molar-refractivity contribution in [2.75, 3.05) is 5.88 Å². The Morgan fingerprint density at radius 2 is 2.29 bits per heavy atom. The minimum Gasteiger partial charge on any atom is -0.441 e. The SMILES string of the molecule is CCc1nn(C)cc1-c1cnc(CCCCl)o1. The molecular formula is C12H16ClN3O. The molecule has 0 spiro atoms. The van der Waals surface area contributed by atoms with Crippen LogP contribution < -0.4 is 0 Å². The molecule has 2 aromatic rings. The molecule has 2 rings (SSSR count). The minimum atomic E-state index is 0.630. The number of hydrogen-bond donors (Lipinski definition) is 0. The lowest BCUT2D eigenvalue weighted by Crippen LogP contribution is -1.89. The molecule has 2 aromatic heterocycles. The highest BCUT2D eigenvalue weighted by atomic mass is 35.5. The third kappa shape index (κ3) is 2.69. The van der Waals surface area contributed by atoms with E-state index in [1.54, 1.807) is 10.9 Å². The van der Waals surface area contributed by atoms with Gasteiger partial charge in [0.15, 0.2) is 11.7 Å². The number of aromatic nitrogens is 3. The molecule has 0 aliphatic carbocycles. The van der Waals surface area contributed by atoms with Crippen molar-refractivity contribution in [1.82, 2.24) is 14.8 Å². The summed E-state index contributed by atoms with van der Waals surface area (Å²) in [4.78, 5) is 4.25. The van der Waals surface area contributed by atoms with Crippen LogP contribution in [-0.4, -0.2) is 20.6 Å². The van der Waals surface area contributed by atoms with Gasteiger partial charge in [0.2, 0.25) is 0 Å². The molecule has 0 unspecified atom stereocenters. The molecule has 92 valence electrons. The number of alkyl halides is 1. The highest BCUT2D eigenvalue weighted by Crippen LogP contribution is 2.24. The first kappa shape index (κ1) is 12.2. The minimum absolute atomic E-state index is 0.630. The van der Waals surface area contributed by atoms with E-state index in [1.165, 1.54) is 0 Å². The van der Waals surface area contributed by atoms with Gasteiger partial charge in [-0.3, -0.25) is 4.68 Å². The normalized spacial score (nSPS) is 11.0. The summed E-state index contributed by atoms with van der Waals surface area (Å²) in [6.07, 6.45) is 6.28. The van der Waals surface area contributed by atoms with Crippen LogP contribution in [0.25, 0.3) is 11.3 Å². The standard InChI is InChI=1S/C12H16ClN3O/c1-3-10-9(8-16(2)15-10)11-7-14-12(17-11)5-4-6-13/h7-8H,3-6H2,1-2H3. The molecule has 0 fully saturated rings. The molecule has 0 aromatic carbocycles. The van der Waals surface area contributed by atoms with Gasteiger partial charge in [-0.15, -0.1) is 11.6 Å². The van der Waals surface area contributed by atoms with Gasteiger partial charge in [-0.1, -0.05) is 6.92 Å². The topological polar surface area (TPSA) is 43.9 Å². The second-order valence-electron chi connectivity index (χ2n) is 3.93. The maximum atomic E-state index is 5.70. The number of rotatable bonds is 5. The summed E-state index contributed by atoms with van der Waals surface area (Å²) < 4.78 is 7.51. The average molecular weight is 254 g/mol. The van der Waals surface area contributed by atoms with Crippen LogP contribution in [0, 0.1) is 0 Å². The van der Waals surface area contributed by atoms with Crippen molar-refractivity contribution in [3.8, 4) is 11.3 Å². The maximum Gasteiger partial charge on any atom is 0.194 e. The Labute approximate surface area is 106 Å². The van der Waals surface area contributed by atoms with E-state index < -0.39 is 0 Å². The Hall–Kier alpha value is -1.29. The van der Waals surface area contributed by atoms with Gasteiger partial charge in [0.25, 0.3) is 0 Å². The molecule has 0 aliphatic heterocycles. The second kappa shape index (κ2) is 5.36. The second-order valence-corrected chi connectivity index (χ2v) is 4.31. The van der Waals surface area contributed by atoms with Gasteiger partial charge < -0.3 is 4.42 Å². The Morgan fingerprint density at radius 1 is 1.47 bits per heavy atom. The van der Waals surface area contributed by atoms with E-state index in [4.69, 9.17) is 16.0 Å². The van der Waals surface area contributed by atoms with Crippen LogP contribution in [0.5, 0.6) is 0 Å². The van der Waals surface area contributed by atoms with Crippen LogP contribution in [0.1, 0.15) is 24.9 Å². The summed E-state index contributed by atoms with van der Waals surface area (Å²) in [5.41, 5.74) is 2.06. The maximum absolute atomic E-state index is 5.70. The van der Waals surface area contributed by atoms with Crippen LogP contribution in [0.15, 0.2) is 16.8 Å². The molecular weight excluding hydrogens is 238 g/mol. The molecule has 0 saturated carbocycles. The Bertz CT molecular complexity index is 490. The third-order valence-electron chi connectivity index (χ3n) is 2.58. The van der Waals surface area contributed by atoms with Crippen molar-refractivity contribution < 1.29 is 4.42 Å². The summed E-state index contributed by atoms with van der Waals surface area (Å²) in [5.74, 6) is 2.16. The Kier molecular flexibility index (Phi) is 3.84. The predicted octanol–water partition coefficient (Wildman–Crippen LogP) is 2.81. The van der Waals surface area contributed by atoms with Gasteiger partial charge >= 0.3 is 0 Å². The zero-order valence-electron chi connectivity index (χ0n) is 10.1. The molecule has 5 heteroatoms. The van der Waals surface area contributed by atoms with Gasteiger partial charge in [0.05, 0.1) is 17.5 Å². The van der Waals surface area contributed by atoms with E-state index in [1.807, 2.05) is 13.2 Å². The van der Waals surface area contributed by atoms with E-state index in [2.05, 4.69) is 17.0 Å². The predicted molar refractivity (Wildman–Crippen MR) is 67.1 cm³/mol. The summed E-state index contributed by atoms with van der Waals surface area (Å²) in [7, 11) is 1.91. The van der Waals surface area contributed by atoms with Crippen molar-refractivity contribution in [1.29, 1.82) is 0 Å². The fourth-order valence-electron chi connectivity index (χ4n) is 1.77. The molecule has 0 aliphatic rings. The van der Waals surface area contributed by atoms with E-state index in [0.717, 1.165) is 42.2 Å². The van der Waals surface area contributed by atoms with Crippen LogP contribution >= 0.6 is 11.6 Å². The first-order valence-corrected chi connectivity index (χ1v) is 6.31. The van der Waals surface area contributed by atoms with Crippen LogP contribution in [0.3, 0.4) is 0 Å². The molecule has 0 N–H and O–H groups in total. The van der Waals surface area contributed by atoms with Gasteiger partial charge in [-0.25, -0.2) is 4.98 Å². The van der Waals surface area contributed by atoms with E-state index in [9.17, 15) is 0 Å². The van der Waals surface area contributed by atoms with E-state index >= 15 is 0 Å². The summed E-state index contributed by atoms with van der Waals surface area (Å²) in [5, 5.41) is 4.38. The summed E-state index contributed by atoms with van der Waals surface area (Å²) in [6.45, 7) is 2.08. The lowest BCUT2D eigenvalue weighted by molar-refractivity contribution is 0.503. The van der Waals surface area contributed by atoms with Crippen molar-refractivity contribution >= 4 is 11.6 Å². The number of hydrogen-bond acceptors (Lipinski definition) is 3. The van der Waals surface area contributed by atoms with Crippen LogP contribution in [0.2, 0.25) is 0 Å². The number of aryl methyl sites for hydroxylation is 3. The quantitative estimate of drug-likeness (QED) is 0.770. The number of nitrogens with zero attached hydrogens (tertiary/aromatic N) is 3. The number of oxazole rings is 1. The fraction of sp³-hybridized carbons (Fsp3) is 0.500. The van der Waals surface area contributed by atoms with Crippen molar-refractivity contribution in [3.63, 3.8) is 0 Å². The van der Waals surface area contributed by atoms with Gasteiger partial charge in [-0.2, -0.15) is 5.10 Å². The van der Waals surface area contributed by atoms with Crippen molar-refractivity contribution in [3.05, 3.63) is 24.0 Å². The van der Waals surface area contributed by atoms with Crippen LogP contribution in [0.4, 0.5) is 0 Å². The molecule has 0 saturated heterocycles. The third-order valence-corrected chi connectivity index (χ3v) is 2.85. The molecule has 0 atom stereocenters. The summed E-state index contributed by atoms with van der Waals surface area (Å²) in [6, 6.07) is 0. The van der Waals surface area contributed by atoms with Gasteiger partial charge in [0, 0.05) is 25.5 Å². The Morgan fingerprint density at radius 3 is 3.00 bits per heavy atom. The van der Waals surface area contributed by atoms with Gasteiger partial charge in [0.1, 0.15) is 0 Å². The zero-order chi connectivity index (χ0) is 12.3. The highest BCUT2D eigenvalue weighted by molar-refractivity contribution is 6.17. The molecule has 0 radical (unpaired) electrons. The number of halogens is 1. The molecule has 0 bridgehead atoms. The first-order valence-electron chi connectivity index (χ1n) is 5.78. The zero-order valence-corrected chi connectivity index (χ0v) is 10.9. The van der Waals surface area contributed by atoms with Crippen molar-refractivity contribution in [2.24, 2.45) is 7.05 Å². The van der Waals surface area contributed by atoms with Crippen molar-refractivity contribution in [2.45, 2.75) is 26.2 Å². The highest BCUT2D eigenvalue weighted by Gasteiger charge is 2.13. The monoisotopic (exact) mass is 253 g/mol. The first-order chi connectivity index (χ1) is 8.24. The molecule has 17 heavy (non-hydrogen) atoms. The van der Waals surface area contributed by atoms with E-state index in [-0.39, 0.29) is 0 Å². The fourth-order valence-corrected chi connectivity index (χ4v) is 1.90. The van der Waals surface area contributed by atoms with E-state index in [0.29, 0.717) is 5.88 Å². The lowest BCUT2D eigenvalue weighted by atomic mass is 10.2. The smallest absolute Gasteiger partial charge is 0.194 e. The van der Waals surface area contributed by atoms with Crippen LogP contribution in [-0.2, 0) is 19.9 Å². The average Bonchev–Trinajstić information content (AvgIpc) is 2.92. The molecule has 4 nitrogen and oxygen atoms in total. The molecule has 0 amide bonds. The summed E-state index contributed by atoms with van der Waals surface area (Å²) >= 11 is 5.64. The lowest BCUT2D eigenvalue weighted by Gasteiger charge is -1.94.